The molecule has 1 unspecified atom stereocenters. The zero-order valence-corrected chi connectivity index (χ0v) is 15.5. The number of nitrogens with zero attached hydrogens (tertiary/aromatic N) is 1. The van der Waals surface area contributed by atoms with Crippen molar-refractivity contribution in [1.29, 1.82) is 0 Å². The Hall–Kier alpha value is -1.95. The van der Waals surface area contributed by atoms with Crippen molar-refractivity contribution in [2.45, 2.75) is 57.7 Å². The molecule has 5 nitrogen and oxygen atoms in total. The first-order chi connectivity index (χ1) is 12.5. The number of halogens is 1. The second-order valence-corrected chi connectivity index (χ2v) is 7.73. The number of rotatable bonds is 6. The normalized spacial score (nSPS) is 20.0. The van der Waals surface area contributed by atoms with E-state index in [0.717, 1.165) is 32.0 Å². The topological polar surface area (TPSA) is 61.4 Å². The van der Waals surface area contributed by atoms with Crippen LogP contribution < -0.4 is 10.6 Å². The first kappa shape index (κ1) is 18.8. The summed E-state index contributed by atoms with van der Waals surface area (Å²) in [6.07, 6.45) is 4.48. The maximum atomic E-state index is 13.8. The van der Waals surface area contributed by atoms with Crippen LogP contribution in [0.2, 0.25) is 0 Å². The van der Waals surface area contributed by atoms with Gasteiger partial charge >= 0.3 is 0 Å². The molecule has 1 saturated carbocycles. The summed E-state index contributed by atoms with van der Waals surface area (Å²) in [7, 11) is 0. The van der Waals surface area contributed by atoms with E-state index in [9.17, 15) is 14.0 Å². The number of nitrogens with one attached hydrogen (secondary N) is 2. The number of carbonyl (C=O) groups excluding carboxylic acids is 2. The van der Waals surface area contributed by atoms with Crippen LogP contribution in [0.25, 0.3) is 0 Å². The maximum absolute atomic E-state index is 13.8. The van der Waals surface area contributed by atoms with Gasteiger partial charge in [0.2, 0.25) is 5.91 Å². The van der Waals surface area contributed by atoms with Crippen LogP contribution >= 0.6 is 0 Å². The molecule has 1 atom stereocenters. The number of likely N-dealkylation sites (tertiary alicyclic amines) is 1. The third kappa shape index (κ3) is 4.61. The smallest absolute Gasteiger partial charge is 0.254 e. The minimum Gasteiger partial charge on any atom is -0.351 e. The summed E-state index contributed by atoms with van der Waals surface area (Å²) in [6.45, 7) is 5.79. The van der Waals surface area contributed by atoms with E-state index >= 15 is 0 Å². The number of benzene rings is 1. The van der Waals surface area contributed by atoms with Crippen molar-refractivity contribution < 1.29 is 14.0 Å². The number of hydrogen-bond acceptors (Lipinski definition) is 3. The van der Waals surface area contributed by atoms with Crippen molar-refractivity contribution in [3.63, 3.8) is 0 Å². The number of carbonyl (C=O) groups is 2. The zero-order chi connectivity index (χ0) is 18.7. The van der Waals surface area contributed by atoms with Crippen LogP contribution in [-0.2, 0) is 4.79 Å². The van der Waals surface area contributed by atoms with Crippen molar-refractivity contribution >= 4 is 11.8 Å². The summed E-state index contributed by atoms with van der Waals surface area (Å²) in [5, 5.41) is 5.78. The third-order valence-electron chi connectivity index (χ3n) is 5.29. The largest absolute Gasteiger partial charge is 0.351 e. The van der Waals surface area contributed by atoms with Crippen LogP contribution in [0.15, 0.2) is 24.3 Å². The molecule has 2 aliphatic rings. The highest BCUT2D eigenvalue weighted by Gasteiger charge is 2.33. The van der Waals surface area contributed by atoms with Gasteiger partial charge in [-0.3, -0.25) is 9.59 Å². The summed E-state index contributed by atoms with van der Waals surface area (Å²) in [4.78, 5) is 27.6. The molecular formula is C20H28FN3O2. The van der Waals surface area contributed by atoms with Gasteiger partial charge in [-0.15, -0.1) is 0 Å². The van der Waals surface area contributed by atoms with Gasteiger partial charge in [0.1, 0.15) is 11.9 Å². The van der Waals surface area contributed by atoms with E-state index in [1.54, 1.807) is 6.07 Å². The van der Waals surface area contributed by atoms with Gasteiger partial charge < -0.3 is 15.5 Å². The van der Waals surface area contributed by atoms with E-state index in [4.69, 9.17) is 0 Å². The minimum atomic E-state index is -0.677. The molecule has 2 N–H and O–H groups in total. The fraction of sp³-hybridized carbons (Fsp3) is 0.600. The van der Waals surface area contributed by atoms with Crippen LogP contribution in [0.1, 0.15) is 49.9 Å². The summed E-state index contributed by atoms with van der Waals surface area (Å²) in [5.41, 5.74) is -0.0382. The lowest BCUT2D eigenvalue weighted by atomic mass is 10.00. The minimum absolute atomic E-state index is 0.0382. The van der Waals surface area contributed by atoms with Crippen molar-refractivity contribution in [3.8, 4) is 0 Å². The Morgan fingerprint density at radius 2 is 1.77 bits per heavy atom. The van der Waals surface area contributed by atoms with Crippen molar-refractivity contribution in [3.05, 3.63) is 35.6 Å². The molecule has 0 bridgehead atoms. The molecule has 142 valence electrons. The Balaban J connectivity index is 1.56. The molecule has 0 spiro atoms. The van der Waals surface area contributed by atoms with E-state index in [1.165, 1.54) is 31.0 Å². The van der Waals surface area contributed by atoms with Crippen LogP contribution in [0, 0.1) is 11.7 Å². The Morgan fingerprint density at radius 3 is 2.35 bits per heavy atom. The van der Waals surface area contributed by atoms with Crippen molar-refractivity contribution in [1.82, 2.24) is 15.5 Å². The van der Waals surface area contributed by atoms with Gasteiger partial charge in [0.15, 0.2) is 0 Å². The number of amides is 2. The molecule has 1 aliphatic heterocycles. The molecule has 1 aromatic rings. The summed E-state index contributed by atoms with van der Waals surface area (Å²) in [5.74, 6) is -1.41. The lowest BCUT2D eigenvalue weighted by Gasteiger charge is -2.33. The van der Waals surface area contributed by atoms with Crippen molar-refractivity contribution in [2.75, 3.05) is 13.1 Å². The summed E-state index contributed by atoms with van der Waals surface area (Å²) < 4.78 is 13.8. The summed E-state index contributed by atoms with van der Waals surface area (Å²) in [6, 6.07) is 6.03. The molecule has 1 heterocycles. The van der Waals surface area contributed by atoms with Gasteiger partial charge in [-0.2, -0.15) is 0 Å². The Morgan fingerprint density at radius 1 is 1.12 bits per heavy atom. The molecule has 26 heavy (non-hydrogen) atoms. The van der Waals surface area contributed by atoms with Crippen LogP contribution in [-0.4, -0.2) is 47.9 Å². The van der Waals surface area contributed by atoms with Gasteiger partial charge in [-0.05, 0) is 43.7 Å². The lowest BCUT2D eigenvalue weighted by Crippen LogP contribution is -2.54. The fourth-order valence-corrected chi connectivity index (χ4v) is 3.54. The van der Waals surface area contributed by atoms with Gasteiger partial charge in [-0.25, -0.2) is 4.39 Å². The molecule has 1 aromatic carbocycles. The standard InChI is InChI=1S/C20H28FN3O2/c1-13(2)18(23-19(25)16-5-3-4-6-17(16)21)20(26)22-14-9-11-24(12-10-14)15-7-8-15/h3-6,13-15,18H,7-12H2,1-2H3,(H,22,26)(H,23,25). The molecule has 3 rings (SSSR count). The fourth-order valence-electron chi connectivity index (χ4n) is 3.54. The highest BCUT2D eigenvalue weighted by atomic mass is 19.1. The van der Waals surface area contributed by atoms with E-state index in [2.05, 4.69) is 15.5 Å². The summed E-state index contributed by atoms with van der Waals surface area (Å²) >= 11 is 0. The predicted molar refractivity (Wildman–Crippen MR) is 98.3 cm³/mol. The average molecular weight is 361 g/mol. The molecule has 2 amide bonds. The van der Waals surface area contributed by atoms with Gasteiger partial charge in [0.25, 0.3) is 5.91 Å². The van der Waals surface area contributed by atoms with E-state index in [1.807, 2.05) is 13.8 Å². The van der Waals surface area contributed by atoms with Crippen molar-refractivity contribution in [2.24, 2.45) is 5.92 Å². The average Bonchev–Trinajstić information content (AvgIpc) is 3.45. The predicted octanol–water partition coefficient (Wildman–Crippen LogP) is 2.32. The quantitative estimate of drug-likeness (QED) is 0.817. The lowest BCUT2D eigenvalue weighted by molar-refractivity contribution is -0.125. The SMILES string of the molecule is CC(C)C(NC(=O)c1ccccc1F)C(=O)NC1CCN(C2CC2)CC1. The molecular weight excluding hydrogens is 333 g/mol. The monoisotopic (exact) mass is 361 g/mol. The van der Waals surface area contributed by atoms with Crippen LogP contribution in [0.3, 0.4) is 0 Å². The molecule has 1 saturated heterocycles. The first-order valence-electron chi connectivity index (χ1n) is 9.55. The highest BCUT2D eigenvalue weighted by molar-refractivity contribution is 5.97. The maximum Gasteiger partial charge on any atom is 0.254 e. The van der Waals surface area contributed by atoms with Gasteiger partial charge in [-0.1, -0.05) is 26.0 Å². The zero-order valence-electron chi connectivity index (χ0n) is 15.5. The Kier molecular flexibility index (Phi) is 5.91. The third-order valence-corrected chi connectivity index (χ3v) is 5.29. The number of piperidine rings is 1. The molecule has 6 heteroatoms. The number of hydrogen-bond donors (Lipinski definition) is 2. The molecule has 0 aromatic heterocycles. The van der Waals surface area contributed by atoms with E-state index in [-0.39, 0.29) is 23.4 Å². The van der Waals surface area contributed by atoms with Crippen LogP contribution in [0.5, 0.6) is 0 Å². The highest BCUT2D eigenvalue weighted by Crippen LogP contribution is 2.29. The van der Waals surface area contributed by atoms with E-state index < -0.39 is 17.8 Å². The van der Waals surface area contributed by atoms with Crippen LogP contribution in [0.4, 0.5) is 4.39 Å². The molecule has 1 aliphatic carbocycles. The molecule has 2 fully saturated rings. The second-order valence-electron chi connectivity index (χ2n) is 7.73. The van der Waals surface area contributed by atoms with Gasteiger partial charge in [0, 0.05) is 25.2 Å². The first-order valence-corrected chi connectivity index (χ1v) is 9.55. The Labute approximate surface area is 154 Å². The molecule has 0 radical (unpaired) electrons. The second kappa shape index (κ2) is 8.16. The Bertz CT molecular complexity index is 652. The van der Waals surface area contributed by atoms with Gasteiger partial charge in [0.05, 0.1) is 5.56 Å². The van der Waals surface area contributed by atoms with E-state index in [0.29, 0.717) is 0 Å².